The summed E-state index contributed by atoms with van der Waals surface area (Å²) in [6, 6.07) is 6.22. The van der Waals surface area contributed by atoms with Crippen molar-refractivity contribution in [1.29, 1.82) is 0 Å². The van der Waals surface area contributed by atoms with E-state index in [1.54, 1.807) is 37.4 Å². The molecule has 7 heteroatoms. The van der Waals surface area contributed by atoms with Gasteiger partial charge in [0.05, 0.1) is 6.54 Å². The number of benzene rings is 1. The van der Waals surface area contributed by atoms with E-state index in [1.165, 1.54) is 0 Å². The first kappa shape index (κ1) is 16.2. The zero-order valence-corrected chi connectivity index (χ0v) is 12.3. The van der Waals surface area contributed by atoms with Crippen LogP contribution in [0.2, 0.25) is 0 Å². The van der Waals surface area contributed by atoms with Crippen molar-refractivity contribution in [2.45, 2.75) is 13.0 Å². The van der Waals surface area contributed by atoms with Gasteiger partial charge in [0.15, 0.2) is 0 Å². The Hall–Kier alpha value is -1.89. The van der Waals surface area contributed by atoms with E-state index < -0.39 is 10.8 Å². The lowest BCUT2D eigenvalue weighted by atomic mass is 10.2. The molecular weight excluding hydrogens is 278 g/mol. The fraction of sp³-hybridized carbons (Fsp3) is 0.385. The van der Waals surface area contributed by atoms with Crippen molar-refractivity contribution < 1.29 is 13.8 Å². The Labute approximate surface area is 120 Å². The molecule has 0 aliphatic rings. The summed E-state index contributed by atoms with van der Waals surface area (Å²) in [5.41, 5.74) is 6.53. The monoisotopic (exact) mass is 297 g/mol. The van der Waals surface area contributed by atoms with Gasteiger partial charge in [-0.15, -0.1) is 0 Å². The highest BCUT2D eigenvalue weighted by molar-refractivity contribution is 7.84. The molecule has 0 saturated heterocycles. The van der Waals surface area contributed by atoms with Gasteiger partial charge in [-0.25, -0.2) is 0 Å². The summed E-state index contributed by atoms with van der Waals surface area (Å²) in [7, 11) is -0.971. The summed E-state index contributed by atoms with van der Waals surface area (Å²) < 4.78 is 11.0. The van der Waals surface area contributed by atoms with E-state index >= 15 is 0 Å². The number of nitrogen functional groups attached to an aromatic ring is 1. The van der Waals surface area contributed by atoms with Crippen LogP contribution in [0.3, 0.4) is 0 Å². The lowest BCUT2D eigenvalue weighted by molar-refractivity contribution is -0.120. The van der Waals surface area contributed by atoms with Gasteiger partial charge in [-0.05, 0) is 31.2 Å². The Morgan fingerprint density at radius 2 is 1.90 bits per heavy atom. The molecule has 0 radical (unpaired) electrons. The number of hydrogen-bond donors (Lipinski definition) is 3. The minimum Gasteiger partial charge on any atom is -0.399 e. The van der Waals surface area contributed by atoms with Crippen LogP contribution in [0.4, 0.5) is 5.69 Å². The molecular formula is C13H19N3O3S. The highest BCUT2D eigenvalue weighted by Crippen LogP contribution is 2.04. The quantitative estimate of drug-likeness (QED) is 0.637. The Morgan fingerprint density at radius 1 is 1.30 bits per heavy atom. The van der Waals surface area contributed by atoms with Gasteiger partial charge in [0.25, 0.3) is 5.91 Å². The molecule has 0 spiro atoms. The molecule has 6 nitrogen and oxygen atoms in total. The maximum Gasteiger partial charge on any atom is 0.251 e. The van der Waals surface area contributed by atoms with Crippen LogP contribution in [0.5, 0.6) is 0 Å². The molecule has 0 saturated carbocycles. The van der Waals surface area contributed by atoms with Crippen molar-refractivity contribution in [2.75, 3.05) is 24.3 Å². The van der Waals surface area contributed by atoms with Crippen LogP contribution in [0.1, 0.15) is 17.3 Å². The SMILES string of the molecule is CC(CS(C)=O)NC(=O)CNC(=O)c1ccc(N)cc1. The summed E-state index contributed by atoms with van der Waals surface area (Å²) in [5, 5.41) is 5.17. The molecule has 4 N–H and O–H groups in total. The first-order chi connectivity index (χ1) is 9.38. The third kappa shape index (κ3) is 5.83. The molecule has 1 rings (SSSR count). The van der Waals surface area contributed by atoms with Crippen LogP contribution >= 0.6 is 0 Å². The maximum atomic E-state index is 11.7. The Morgan fingerprint density at radius 3 is 2.45 bits per heavy atom. The smallest absolute Gasteiger partial charge is 0.251 e. The Balaban J connectivity index is 2.39. The Bertz CT molecular complexity index is 502. The van der Waals surface area contributed by atoms with Crippen molar-refractivity contribution in [1.82, 2.24) is 10.6 Å². The van der Waals surface area contributed by atoms with Gasteiger partial charge in [-0.1, -0.05) is 0 Å². The predicted octanol–water partition coefficient (Wildman–Crippen LogP) is -0.118. The standard InChI is InChI=1S/C13H19N3O3S/c1-9(8-20(2)19)16-12(17)7-15-13(18)10-3-5-11(14)6-4-10/h3-6,9H,7-8,14H2,1-2H3,(H,15,18)(H,16,17). The van der Waals surface area contributed by atoms with Crippen LogP contribution in [0, 0.1) is 0 Å². The number of hydrogen-bond acceptors (Lipinski definition) is 4. The molecule has 20 heavy (non-hydrogen) atoms. The fourth-order valence-corrected chi connectivity index (χ4v) is 2.40. The summed E-state index contributed by atoms with van der Waals surface area (Å²) in [6.07, 6.45) is 1.57. The number of anilines is 1. The molecule has 1 aromatic carbocycles. The second-order valence-corrected chi connectivity index (χ2v) is 5.99. The second kappa shape index (κ2) is 7.64. The average Bonchev–Trinajstić information content (AvgIpc) is 2.35. The van der Waals surface area contributed by atoms with Crippen molar-refractivity contribution in [3.63, 3.8) is 0 Å². The normalized spacial score (nSPS) is 13.3. The van der Waals surface area contributed by atoms with Crippen molar-refractivity contribution >= 4 is 28.3 Å². The molecule has 0 heterocycles. The molecule has 0 aromatic heterocycles. The zero-order valence-electron chi connectivity index (χ0n) is 11.5. The maximum absolute atomic E-state index is 11.7. The average molecular weight is 297 g/mol. The molecule has 0 fully saturated rings. The first-order valence-corrected chi connectivity index (χ1v) is 7.84. The lowest BCUT2D eigenvalue weighted by Crippen LogP contribution is -2.42. The van der Waals surface area contributed by atoms with E-state index in [2.05, 4.69) is 10.6 Å². The van der Waals surface area contributed by atoms with Gasteiger partial charge >= 0.3 is 0 Å². The van der Waals surface area contributed by atoms with Gasteiger partial charge in [-0.3, -0.25) is 13.8 Å². The Kier molecular flexibility index (Phi) is 6.17. The topological polar surface area (TPSA) is 101 Å². The number of amides is 2. The molecule has 2 amide bonds. The highest BCUT2D eigenvalue weighted by Gasteiger charge is 2.11. The molecule has 1 aromatic rings. The summed E-state index contributed by atoms with van der Waals surface area (Å²) in [6.45, 7) is 1.64. The summed E-state index contributed by atoms with van der Waals surface area (Å²) in [4.78, 5) is 23.3. The third-order valence-electron chi connectivity index (χ3n) is 2.47. The van der Waals surface area contributed by atoms with Crippen LogP contribution in [-0.2, 0) is 15.6 Å². The van der Waals surface area contributed by atoms with Crippen molar-refractivity contribution in [2.24, 2.45) is 0 Å². The molecule has 0 bridgehead atoms. The highest BCUT2D eigenvalue weighted by atomic mass is 32.2. The van der Waals surface area contributed by atoms with Crippen molar-refractivity contribution in [3.8, 4) is 0 Å². The number of rotatable bonds is 6. The van der Waals surface area contributed by atoms with Gasteiger partial charge in [0, 0.05) is 40.1 Å². The molecule has 0 aliphatic heterocycles. The lowest BCUT2D eigenvalue weighted by Gasteiger charge is -2.12. The minimum absolute atomic E-state index is 0.121. The second-order valence-electron chi connectivity index (χ2n) is 4.51. The van der Waals surface area contributed by atoms with Gasteiger partial charge in [0.1, 0.15) is 0 Å². The largest absolute Gasteiger partial charge is 0.399 e. The fourth-order valence-electron chi connectivity index (χ4n) is 1.62. The zero-order chi connectivity index (χ0) is 15.1. The van der Waals surface area contributed by atoms with Crippen LogP contribution < -0.4 is 16.4 Å². The first-order valence-electron chi connectivity index (χ1n) is 6.11. The van der Waals surface area contributed by atoms with E-state index in [-0.39, 0.29) is 24.4 Å². The van der Waals surface area contributed by atoms with E-state index in [9.17, 15) is 13.8 Å². The molecule has 2 unspecified atom stereocenters. The van der Waals surface area contributed by atoms with E-state index in [4.69, 9.17) is 5.73 Å². The minimum atomic E-state index is -0.971. The van der Waals surface area contributed by atoms with Crippen molar-refractivity contribution in [3.05, 3.63) is 29.8 Å². The number of carbonyl (C=O) groups excluding carboxylic acids is 2. The van der Waals surface area contributed by atoms with E-state index in [0.717, 1.165) is 0 Å². The number of nitrogens with two attached hydrogens (primary N) is 1. The van der Waals surface area contributed by atoms with Gasteiger partial charge in [0.2, 0.25) is 5.91 Å². The number of carbonyl (C=O) groups is 2. The van der Waals surface area contributed by atoms with Crippen LogP contribution in [-0.4, -0.2) is 40.6 Å². The van der Waals surface area contributed by atoms with Crippen LogP contribution in [0.15, 0.2) is 24.3 Å². The van der Waals surface area contributed by atoms with Crippen LogP contribution in [0.25, 0.3) is 0 Å². The predicted molar refractivity (Wildman–Crippen MR) is 79.7 cm³/mol. The number of nitrogens with one attached hydrogen (secondary N) is 2. The van der Waals surface area contributed by atoms with Gasteiger partial charge in [-0.2, -0.15) is 0 Å². The third-order valence-corrected chi connectivity index (χ3v) is 3.44. The summed E-state index contributed by atoms with van der Waals surface area (Å²) >= 11 is 0. The summed E-state index contributed by atoms with van der Waals surface area (Å²) in [5.74, 6) is -0.268. The van der Waals surface area contributed by atoms with Gasteiger partial charge < -0.3 is 16.4 Å². The van der Waals surface area contributed by atoms with E-state index in [0.29, 0.717) is 17.0 Å². The molecule has 110 valence electrons. The molecule has 0 aliphatic carbocycles. The van der Waals surface area contributed by atoms with E-state index in [1.807, 2.05) is 0 Å². The molecule has 2 atom stereocenters.